The number of fused-ring (bicyclic) bond motifs is 1. The first kappa shape index (κ1) is 16.7. The summed E-state index contributed by atoms with van der Waals surface area (Å²) in [4.78, 5) is 14.3. The molecule has 6 heteroatoms. The predicted octanol–water partition coefficient (Wildman–Crippen LogP) is 4.71. The Morgan fingerprint density at radius 2 is 2.04 bits per heavy atom. The van der Waals surface area contributed by atoms with E-state index in [0.717, 1.165) is 53.3 Å². The van der Waals surface area contributed by atoms with E-state index < -0.39 is 0 Å². The first-order valence-electron chi connectivity index (χ1n) is 9.41. The zero-order valence-corrected chi connectivity index (χ0v) is 15.6. The van der Waals surface area contributed by atoms with Crippen molar-refractivity contribution in [3.8, 4) is 17.2 Å². The van der Waals surface area contributed by atoms with Gasteiger partial charge in [0.2, 0.25) is 0 Å². The number of benzene rings is 1. The largest absolute Gasteiger partial charge is 0.497 e. The number of methoxy groups -OCH3 is 1. The van der Waals surface area contributed by atoms with Gasteiger partial charge in [0.15, 0.2) is 17.2 Å². The second-order valence-corrected chi connectivity index (χ2v) is 6.89. The molecule has 0 spiro atoms. The van der Waals surface area contributed by atoms with Gasteiger partial charge in [0.05, 0.1) is 26.2 Å². The second kappa shape index (κ2) is 6.96. The summed E-state index contributed by atoms with van der Waals surface area (Å²) in [6, 6.07) is 11.8. The maximum Gasteiger partial charge on any atom is 0.165 e. The Morgan fingerprint density at radius 3 is 2.75 bits per heavy atom. The molecule has 28 heavy (non-hydrogen) atoms. The maximum absolute atomic E-state index is 5.63. The molecule has 1 aliphatic carbocycles. The summed E-state index contributed by atoms with van der Waals surface area (Å²) in [6.07, 6.45) is 8.96. The number of aromatic nitrogens is 4. The molecule has 0 bridgehead atoms. The zero-order chi connectivity index (χ0) is 18.9. The van der Waals surface area contributed by atoms with Gasteiger partial charge in [-0.3, -0.25) is 0 Å². The molecule has 5 rings (SSSR count). The molecule has 0 aliphatic heterocycles. The van der Waals surface area contributed by atoms with Gasteiger partial charge in [-0.05, 0) is 54.7 Å². The van der Waals surface area contributed by atoms with Crippen LogP contribution in [-0.2, 0) is 6.54 Å². The molecule has 0 unspecified atom stereocenters. The van der Waals surface area contributed by atoms with Gasteiger partial charge in [0.1, 0.15) is 17.0 Å². The summed E-state index contributed by atoms with van der Waals surface area (Å²) in [5.74, 6) is 2.33. The van der Waals surface area contributed by atoms with Crippen molar-refractivity contribution >= 4 is 16.7 Å². The molecule has 140 valence electrons. The first-order chi connectivity index (χ1) is 13.8. The van der Waals surface area contributed by atoms with Crippen molar-refractivity contribution in [1.82, 2.24) is 19.5 Å². The number of hydrogen-bond donors (Lipinski definition) is 0. The molecule has 0 atom stereocenters. The molecule has 3 aromatic heterocycles. The van der Waals surface area contributed by atoms with Crippen LogP contribution in [0.5, 0.6) is 5.75 Å². The molecule has 0 saturated carbocycles. The van der Waals surface area contributed by atoms with Gasteiger partial charge in [-0.2, -0.15) is 0 Å². The van der Waals surface area contributed by atoms with Gasteiger partial charge in [-0.1, -0.05) is 18.2 Å². The highest BCUT2D eigenvalue weighted by molar-refractivity contribution is 5.87. The first-order valence-corrected chi connectivity index (χ1v) is 9.41. The molecule has 4 aromatic rings. The highest BCUT2D eigenvalue weighted by Gasteiger charge is 2.19. The number of furan rings is 1. The summed E-state index contributed by atoms with van der Waals surface area (Å²) in [6.45, 7) is 0.674. The highest BCUT2D eigenvalue weighted by Crippen LogP contribution is 2.31. The average molecular weight is 372 g/mol. The van der Waals surface area contributed by atoms with Crippen LogP contribution in [0.2, 0.25) is 0 Å². The van der Waals surface area contributed by atoms with Crippen molar-refractivity contribution in [3.05, 3.63) is 66.5 Å². The zero-order valence-electron chi connectivity index (χ0n) is 15.6. The average Bonchev–Trinajstić information content (AvgIpc) is 3.50. The smallest absolute Gasteiger partial charge is 0.165 e. The van der Waals surface area contributed by atoms with Crippen LogP contribution >= 0.6 is 0 Å². The van der Waals surface area contributed by atoms with Crippen molar-refractivity contribution in [1.29, 1.82) is 0 Å². The third-order valence-electron chi connectivity index (χ3n) is 5.06. The molecular weight excluding hydrogens is 352 g/mol. The Labute approximate surface area is 162 Å². The minimum absolute atomic E-state index is 0.674. The Kier molecular flexibility index (Phi) is 4.16. The van der Waals surface area contributed by atoms with Crippen LogP contribution in [0.15, 0.2) is 59.5 Å². The molecule has 0 amide bonds. The lowest BCUT2D eigenvalue weighted by Crippen LogP contribution is -2.03. The number of hydrogen-bond acceptors (Lipinski definition) is 5. The Balaban J connectivity index is 1.62. The Hall–Kier alpha value is -3.41. The Bertz CT molecular complexity index is 1140. The molecule has 1 aliphatic rings. The molecule has 0 N–H and O–H groups in total. The van der Waals surface area contributed by atoms with Gasteiger partial charge < -0.3 is 13.7 Å². The van der Waals surface area contributed by atoms with Crippen LogP contribution in [0.25, 0.3) is 28.2 Å². The van der Waals surface area contributed by atoms with E-state index in [2.05, 4.69) is 27.8 Å². The Morgan fingerprint density at radius 1 is 1.14 bits per heavy atom. The SMILES string of the molecule is COc1ccc(Cn2cnc3c(-c4ccco4)nc(C4=CCCC4)nc32)cc1. The summed E-state index contributed by atoms with van der Waals surface area (Å²) in [5, 5.41) is 0. The quantitative estimate of drug-likeness (QED) is 0.507. The van der Waals surface area contributed by atoms with Crippen molar-refractivity contribution in [3.63, 3.8) is 0 Å². The van der Waals surface area contributed by atoms with E-state index in [1.807, 2.05) is 30.6 Å². The predicted molar refractivity (Wildman–Crippen MR) is 107 cm³/mol. The number of allylic oxidation sites excluding steroid dienone is 2. The number of nitrogens with zero attached hydrogens (tertiary/aromatic N) is 4. The number of rotatable bonds is 5. The van der Waals surface area contributed by atoms with Crippen LogP contribution in [0.3, 0.4) is 0 Å². The lowest BCUT2D eigenvalue weighted by molar-refractivity contribution is 0.414. The van der Waals surface area contributed by atoms with Gasteiger partial charge in [0, 0.05) is 0 Å². The normalized spacial score (nSPS) is 13.8. The fourth-order valence-electron chi connectivity index (χ4n) is 3.59. The van der Waals surface area contributed by atoms with Gasteiger partial charge in [-0.25, -0.2) is 15.0 Å². The van der Waals surface area contributed by atoms with Crippen molar-refractivity contribution in [2.45, 2.75) is 25.8 Å². The fourth-order valence-corrected chi connectivity index (χ4v) is 3.59. The van der Waals surface area contributed by atoms with Crippen LogP contribution in [0, 0.1) is 0 Å². The summed E-state index contributed by atoms with van der Waals surface area (Å²) >= 11 is 0. The van der Waals surface area contributed by atoms with E-state index in [4.69, 9.17) is 19.1 Å². The van der Waals surface area contributed by atoms with Gasteiger partial charge in [0.25, 0.3) is 0 Å². The van der Waals surface area contributed by atoms with E-state index in [-0.39, 0.29) is 0 Å². The van der Waals surface area contributed by atoms with E-state index in [1.54, 1.807) is 13.4 Å². The minimum Gasteiger partial charge on any atom is -0.497 e. The summed E-state index contributed by atoms with van der Waals surface area (Å²) in [5.41, 5.74) is 4.67. The van der Waals surface area contributed by atoms with Crippen LogP contribution in [-0.4, -0.2) is 26.6 Å². The van der Waals surface area contributed by atoms with E-state index in [1.165, 1.54) is 5.57 Å². The maximum atomic E-state index is 5.63. The van der Waals surface area contributed by atoms with Crippen LogP contribution in [0.1, 0.15) is 30.7 Å². The molecule has 1 aromatic carbocycles. The summed E-state index contributed by atoms with van der Waals surface area (Å²) in [7, 11) is 1.67. The highest BCUT2D eigenvalue weighted by atomic mass is 16.5. The molecule has 0 fully saturated rings. The van der Waals surface area contributed by atoms with Gasteiger partial charge in [-0.15, -0.1) is 0 Å². The second-order valence-electron chi connectivity index (χ2n) is 6.89. The molecule has 3 heterocycles. The minimum atomic E-state index is 0.674. The third kappa shape index (κ3) is 2.97. The number of ether oxygens (including phenoxy) is 1. The summed E-state index contributed by atoms with van der Waals surface area (Å²) < 4.78 is 12.9. The topological polar surface area (TPSA) is 66.0 Å². The standard InChI is InChI=1S/C22H20N4O2/c1-27-17-10-8-15(9-11-17)13-26-14-23-20-19(18-7-4-12-28-18)24-21(25-22(20)26)16-5-2-3-6-16/h4-5,7-12,14H,2-3,6,13H2,1H3. The van der Waals surface area contributed by atoms with Crippen LogP contribution in [0.4, 0.5) is 0 Å². The molecular formula is C22H20N4O2. The van der Waals surface area contributed by atoms with E-state index in [9.17, 15) is 0 Å². The van der Waals surface area contributed by atoms with Crippen LogP contribution < -0.4 is 4.74 Å². The monoisotopic (exact) mass is 372 g/mol. The molecule has 0 radical (unpaired) electrons. The van der Waals surface area contributed by atoms with Gasteiger partial charge >= 0.3 is 0 Å². The lowest BCUT2D eigenvalue weighted by Gasteiger charge is -2.08. The van der Waals surface area contributed by atoms with E-state index >= 15 is 0 Å². The van der Waals surface area contributed by atoms with Crippen molar-refractivity contribution in [2.75, 3.05) is 7.11 Å². The third-order valence-corrected chi connectivity index (χ3v) is 5.06. The van der Waals surface area contributed by atoms with E-state index in [0.29, 0.717) is 12.3 Å². The molecule has 0 saturated heterocycles. The molecule has 6 nitrogen and oxygen atoms in total. The van der Waals surface area contributed by atoms with Crippen molar-refractivity contribution in [2.24, 2.45) is 0 Å². The van der Waals surface area contributed by atoms with Crippen molar-refractivity contribution < 1.29 is 9.15 Å². The number of imidazole rings is 1. The lowest BCUT2D eigenvalue weighted by atomic mass is 10.2. The fraction of sp³-hybridized carbons (Fsp3) is 0.227.